The number of halogens is 2. The Kier molecular flexibility index (Phi) is 6.96. The number of benzene rings is 3. The fourth-order valence-corrected chi connectivity index (χ4v) is 4.12. The molecule has 1 aliphatic rings. The molecule has 0 aliphatic carbocycles. The molecule has 2 N–H and O–H groups in total. The summed E-state index contributed by atoms with van der Waals surface area (Å²) in [6.07, 6.45) is 0. The summed E-state index contributed by atoms with van der Waals surface area (Å²) in [7, 11) is 0. The van der Waals surface area contributed by atoms with E-state index in [1.807, 2.05) is 31.2 Å². The molecule has 0 aromatic heterocycles. The predicted molar refractivity (Wildman–Crippen MR) is 140 cm³/mol. The number of aryl methyl sites for hydroxylation is 1. The Bertz CT molecular complexity index is 1360. The van der Waals surface area contributed by atoms with Crippen molar-refractivity contribution >= 4 is 58.0 Å². The van der Waals surface area contributed by atoms with E-state index >= 15 is 0 Å². The molecule has 0 saturated carbocycles. The van der Waals surface area contributed by atoms with Crippen molar-refractivity contribution < 1.29 is 14.4 Å². The van der Waals surface area contributed by atoms with Crippen LogP contribution in [0.25, 0.3) is 0 Å². The first-order valence-corrected chi connectivity index (χ1v) is 11.7. The Morgan fingerprint density at radius 2 is 1.57 bits per heavy atom. The molecule has 0 spiro atoms. The fourth-order valence-electron chi connectivity index (χ4n) is 3.78. The van der Waals surface area contributed by atoms with Gasteiger partial charge < -0.3 is 10.6 Å². The van der Waals surface area contributed by atoms with Gasteiger partial charge in [0, 0.05) is 22.0 Å². The Balaban J connectivity index is 1.59. The van der Waals surface area contributed by atoms with Crippen LogP contribution in [0.2, 0.25) is 5.02 Å². The first-order chi connectivity index (χ1) is 16.7. The van der Waals surface area contributed by atoms with Gasteiger partial charge in [-0.25, -0.2) is 4.90 Å². The number of nitrogens with zero attached hydrogens (tertiary/aromatic N) is 1. The molecular weight excluding hydrogens is 485 g/mol. The number of anilines is 3. The summed E-state index contributed by atoms with van der Waals surface area (Å²) >= 11 is 12.2. The lowest BCUT2D eigenvalue weighted by molar-refractivity contribution is -0.120. The van der Waals surface area contributed by atoms with Crippen LogP contribution in [-0.2, 0) is 9.59 Å². The highest BCUT2D eigenvalue weighted by atomic mass is 35.5. The van der Waals surface area contributed by atoms with Gasteiger partial charge in [-0.15, -0.1) is 0 Å². The molecule has 0 atom stereocenters. The summed E-state index contributed by atoms with van der Waals surface area (Å²) in [6.45, 7) is 5.94. The Hall–Kier alpha value is -3.61. The van der Waals surface area contributed by atoms with Crippen LogP contribution in [0.1, 0.15) is 41.3 Å². The van der Waals surface area contributed by atoms with Crippen molar-refractivity contribution in [1.29, 1.82) is 0 Å². The second-order valence-electron chi connectivity index (χ2n) is 8.46. The van der Waals surface area contributed by atoms with Gasteiger partial charge in [0.1, 0.15) is 10.7 Å². The van der Waals surface area contributed by atoms with Crippen molar-refractivity contribution in [3.8, 4) is 0 Å². The molecule has 0 saturated heterocycles. The standard InChI is InChI=1S/C27H23Cl2N3O3/c1-15(2)20-6-4-5-7-21(20)31-25(33)17-9-8-16(3)22(14-17)30-24-23(29)26(34)32(27(24)35)19-12-10-18(28)11-13-19/h4-15,30H,1-3H3,(H,31,33). The SMILES string of the molecule is Cc1ccc(C(=O)Nc2ccccc2C(C)C)cc1NC1=C(Cl)C(=O)N(c2ccc(Cl)cc2)C1=O. The first-order valence-electron chi connectivity index (χ1n) is 11.0. The summed E-state index contributed by atoms with van der Waals surface area (Å²) in [4.78, 5) is 39.8. The first kappa shape index (κ1) is 24.5. The highest BCUT2D eigenvalue weighted by Crippen LogP contribution is 2.32. The zero-order valence-corrected chi connectivity index (χ0v) is 20.9. The summed E-state index contributed by atoms with van der Waals surface area (Å²) in [5.74, 6) is -1.29. The van der Waals surface area contributed by atoms with Crippen LogP contribution in [0.5, 0.6) is 0 Å². The molecule has 178 valence electrons. The largest absolute Gasteiger partial charge is 0.349 e. The molecule has 0 bridgehead atoms. The van der Waals surface area contributed by atoms with Gasteiger partial charge in [-0.3, -0.25) is 14.4 Å². The summed E-state index contributed by atoms with van der Waals surface area (Å²) in [5.41, 5.74) is 3.71. The second kappa shape index (κ2) is 9.94. The van der Waals surface area contributed by atoms with E-state index < -0.39 is 11.8 Å². The van der Waals surface area contributed by atoms with Gasteiger partial charge in [-0.2, -0.15) is 0 Å². The predicted octanol–water partition coefficient (Wildman–Crippen LogP) is 6.46. The number of nitrogens with one attached hydrogen (secondary N) is 2. The molecule has 4 rings (SSSR count). The molecule has 8 heteroatoms. The molecule has 3 aromatic carbocycles. The average molecular weight is 508 g/mol. The molecule has 0 radical (unpaired) electrons. The third-order valence-corrected chi connectivity index (χ3v) is 6.31. The Morgan fingerprint density at radius 1 is 0.886 bits per heavy atom. The lowest BCUT2D eigenvalue weighted by Crippen LogP contribution is -2.32. The molecular formula is C27H23Cl2N3O3. The lowest BCUT2D eigenvalue weighted by Gasteiger charge is -2.16. The van der Waals surface area contributed by atoms with Crippen molar-refractivity contribution in [3.05, 3.63) is 99.2 Å². The normalized spacial score (nSPS) is 13.6. The number of hydrogen-bond donors (Lipinski definition) is 2. The van der Waals surface area contributed by atoms with Gasteiger partial charge in [0.15, 0.2) is 0 Å². The molecule has 6 nitrogen and oxygen atoms in total. The minimum atomic E-state index is -0.640. The third kappa shape index (κ3) is 4.94. The number of carbonyl (C=O) groups is 3. The topological polar surface area (TPSA) is 78.5 Å². The van der Waals surface area contributed by atoms with Crippen molar-refractivity contribution in [2.45, 2.75) is 26.7 Å². The van der Waals surface area contributed by atoms with Crippen molar-refractivity contribution in [1.82, 2.24) is 0 Å². The Morgan fingerprint density at radius 3 is 2.26 bits per heavy atom. The van der Waals surface area contributed by atoms with E-state index in [1.54, 1.807) is 42.5 Å². The zero-order valence-electron chi connectivity index (χ0n) is 19.4. The Labute approximate surface area is 213 Å². The van der Waals surface area contributed by atoms with Crippen molar-refractivity contribution in [2.75, 3.05) is 15.5 Å². The van der Waals surface area contributed by atoms with Crippen molar-refractivity contribution in [2.24, 2.45) is 0 Å². The minimum Gasteiger partial charge on any atom is -0.349 e. The van der Waals surface area contributed by atoms with E-state index in [1.165, 1.54) is 0 Å². The van der Waals surface area contributed by atoms with E-state index in [9.17, 15) is 14.4 Å². The van der Waals surface area contributed by atoms with E-state index in [-0.39, 0.29) is 22.6 Å². The number of amides is 3. The monoisotopic (exact) mass is 507 g/mol. The van der Waals surface area contributed by atoms with Gasteiger partial charge >= 0.3 is 0 Å². The van der Waals surface area contributed by atoms with E-state index in [0.717, 1.165) is 21.7 Å². The van der Waals surface area contributed by atoms with Crippen LogP contribution >= 0.6 is 23.2 Å². The average Bonchev–Trinajstić information content (AvgIpc) is 3.04. The number of para-hydroxylation sites is 1. The lowest BCUT2D eigenvalue weighted by atomic mass is 10.0. The third-order valence-electron chi connectivity index (χ3n) is 5.70. The maximum atomic E-state index is 13.1. The molecule has 1 heterocycles. The highest BCUT2D eigenvalue weighted by Gasteiger charge is 2.39. The van der Waals surface area contributed by atoms with Crippen LogP contribution < -0.4 is 15.5 Å². The van der Waals surface area contributed by atoms with Crippen LogP contribution in [0.3, 0.4) is 0 Å². The van der Waals surface area contributed by atoms with Gasteiger partial charge in [-0.05, 0) is 66.4 Å². The van der Waals surface area contributed by atoms with Gasteiger partial charge in [0.25, 0.3) is 17.7 Å². The van der Waals surface area contributed by atoms with Crippen LogP contribution in [0.4, 0.5) is 17.1 Å². The summed E-state index contributed by atoms with van der Waals surface area (Å²) in [5, 5.41) is 6.18. The van der Waals surface area contributed by atoms with Crippen LogP contribution in [0, 0.1) is 6.92 Å². The molecule has 1 aliphatic heterocycles. The molecule has 35 heavy (non-hydrogen) atoms. The number of hydrogen-bond acceptors (Lipinski definition) is 4. The molecule has 3 aromatic rings. The van der Waals surface area contributed by atoms with E-state index in [2.05, 4.69) is 24.5 Å². The number of carbonyl (C=O) groups excluding carboxylic acids is 3. The number of rotatable bonds is 6. The molecule has 0 unspecified atom stereocenters. The highest BCUT2D eigenvalue weighted by molar-refractivity contribution is 6.53. The maximum Gasteiger partial charge on any atom is 0.283 e. The van der Waals surface area contributed by atoms with E-state index in [0.29, 0.717) is 22.0 Å². The van der Waals surface area contributed by atoms with E-state index in [4.69, 9.17) is 23.2 Å². The number of imide groups is 1. The minimum absolute atomic E-state index is 0.0579. The van der Waals surface area contributed by atoms with Crippen molar-refractivity contribution in [3.63, 3.8) is 0 Å². The van der Waals surface area contributed by atoms with Crippen LogP contribution in [0.15, 0.2) is 77.5 Å². The second-order valence-corrected chi connectivity index (χ2v) is 9.28. The zero-order chi connectivity index (χ0) is 25.3. The molecule has 3 amide bonds. The van der Waals surface area contributed by atoms with Crippen LogP contribution in [-0.4, -0.2) is 17.7 Å². The summed E-state index contributed by atoms with van der Waals surface area (Å²) < 4.78 is 0. The quantitative estimate of drug-likeness (QED) is 0.375. The fraction of sp³-hybridized carbons (Fsp3) is 0.148. The maximum absolute atomic E-state index is 13.1. The molecule has 0 fully saturated rings. The van der Waals surface area contributed by atoms with Gasteiger partial charge in [-0.1, -0.05) is 61.3 Å². The van der Waals surface area contributed by atoms with Gasteiger partial charge in [0.2, 0.25) is 0 Å². The smallest absolute Gasteiger partial charge is 0.283 e. The summed E-state index contributed by atoms with van der Waals surface area (Å²) in [6, 6.07) is 19.0. The van der Waals surface area contributed by atoms with Gasteiger partial charge in [0.05, 0.1) is 5.69 Å².